The number of hydrogen-bond donors (Lipinski definition) is 3. The van der Waals surface area contributed by atoms with Crippen molar-refractivity contribution in [3.63, 3.8) is 0 Å². The summed E-state index contributed by atoms with van der Waals surface area (Å²) in [5.74, 6) is -1.40. The number of fused-ring (bicyclic) bond motifs is 1. The van der Waals surface area contributed by atoms with Crippen LogP contribution < -0.4 is 5.73 Å². The smallest absolute Gasteiger partial charge is 0.264 e. The predicted octanol–water partition coefficient (Wildman–Crippen LogP) is 2.43. The Hall–Kier alpha value is -3.02. The van der Waals surface area contributed by atoms with Crippen LogP contribution in [-0.4, -0.2) is 26.9 Å². The van der Waals surface area contributed by atoms with Gasteiger partial charge in [-0.25, -0.2) is 0 Å². The number of carbonyl (C=O) groups excluding carboxylic acids is 2. The van der Waals surface area contributed by atoms with Crippen LogP contribution in [0.3, 0.4) is 0 Å². The lowest BCUT2D eigenvalue weighted by molar-refractivity contribution is 0.0578. The van der Waals surface area contributed by atoms with Crippen LogP contribution in [0.15, 0.2) is 36.4 Å². The van der Waals surface area contributed by atoms with Crippen molar-refractivity contribution >= 4 is 17.5 Å². The van der Waals surface area contributed by atoms with Crippen molar-refractivity contribution in [3.8, 4) is 11.5 Å². The lowest BCUT2D eigenvalue weighted by atomic mass is 10.0. The van der Waals surface area contributed by atoms with E-state index >= 15 is 0 Å². The second kappa shape index (κ2) is 5.31. The fourth-order valence-corrected chi connectivity index (χ4v) is 2.93. The van der Waals surface area contributed by atoms with Crippen LogP contribution in [0, 0.1) is 0 Å². The average Bonchev–Trinajstić information content (AvgIpc) is 2.78. The fourth-order valence-electron chi connectivity index (χ4n) is 2.93. The second-order valence-corrected chi connectivity index (χ2v) is 5.42. The van der Waals surface area contributed by atoms with Gasteiger partial charge in [0.05, 0.1) is 17.2 Å². The predicted molar refractivity (Wildman–Crippen MR) is 84.2 cm³/mol. The van der Waals surface area contributed by atoms with E-state index in [9.17, 15) is 19.8 Å². The molecule has 2 aromatic carbocycles. The van der Waals surface area contributed by atoms with Gasteiger partial charge in [0.1, 0.15) is 0 Å². The van der Waals surface area contributed by atoms with E-state index in [4.69, 9.17) is 5.73 Å². The molecule has 0 aromatic heterocycles. The summed E-state index contributed by atoms with van der Waals surface area (Å²) in [7, 11) is 0. The molecule has 0 fully saturated rings. The first-order chi connectivity index (χ1) is 11.0. The van der Waals surface area contributed by atoms with Gasteiger partial charge in [0, 0.05) is 5.69 Å². The highest BCUT2D eigenvalue weighted by Gasteiger charge is 2.41. The molecule has 0 spiro atoms. The van der Waals surface area contributed by atoms with Crippen molar-refractivity contribution < 1.29 is 19.8 Å². The highest BCUT2D eigenvalue weighted by Crippen LogP contribution is 2.37. The topological polar surface area (TPSA) is 104 Å². The van der Waals surface area contributed by atoms with E-state index in [0.717, 1.165) is 4.90 Å². The SMILES string of the molecule is CCC(c1ccc(O)c(O)c1)N1C(=O)c2cccc(N)c2C1=O. The van der Waals surface area contributed by atoms with Crippen molar-refractivity contribution in [2.75, 3.05) is 5.73 Å². The summed E-state index contributed by atoms with van der Waals surface area (Å²) in [6.07, 6.45) is 0.468. The minimum absolute atomic E-state index is 0.221. The van der Waals surface area contributed by atoms with E-state index < -0.39 is 17.9 Å². The quantitative estimate of drug-likeness (QED) is 0.459. The van der Waals surface area contributed by atoms with E-state index in [1.54, 1.807) is 24.3 Å². The van der Waals surface area contributed by atoms with E-state index in [1.165, 1.54) is 12.1 Å². The molecule has 1 atom stereocenters. The molecule has 0 saturated heterocycles. The molecular weight excluding hydrogens is 296 g/mol. The summed E-state index contributed by atoms with van der Waals surface area (Å²) < 4.78 is 0. The number of benzene rings is 2. The Labute approximate surface area is 132 Å². The minimum atomic E-state index is -0.548. The zero-order valence-corrected chi connectivity index (χ0v) is 12.5. The van der Waals surface area contributed by atoms with Gasteiger partial charge in [0.25, 0.3) is 11.8 Å². The first-order valence-corrected chi connectivity index (χ1v) is 7.24. The highest BCUT2D eigenvalue weighted by molar-refractivity contribution is 6.23. The van der Waals surface area contributed by atoms with Gasteiger partial charge in [0.2, 0.25) is 0 Å². The molecular formula is C17H16N2O4. The molecule has 0 radical (unpaired) electrons. The molecule has 6 heteroatoms. The molecule has 1 aliphatic heterocycles. The molecule has 118 valence electrons. The number of imide groups is 1. The molecule has 0 aliphatic carbocycles. The Morgan fingerprint density at radius 1 is 1.09 bits per heavy atom. The maximum Gasteiger partial charge on any atom is 0.264 e. The van der Waals surface area contributed by atoms with Crippen molar-refractivity contribution in [1.82, 2.24) is 4.90 Å². The zero-order valence-electron chi connectivity index (χ0n) is 12.5. The lowest BCUT2D eigenvalue weighted by Crippen LogP contribution is -2.33. The second-order valence-electron chi connectivity index (χ2n) is 5.42. The van der Waals surface area contributed by atoms with Gasteiger partial charge in [-0.05, 0) is 36.2 Å². The molecule has 3 rings (SSSR count). The van der Waals surface area contributed by atoms with Gasteiger partial charge >= 0.3 is 0 Å². The maximum atomic E-state index is 12.7. The molecule has 1 unspecified atom stereocenters. The Kier molecular flexibility index (Phi) is 3.44. The third-order valence-corrected chi connectivity index (χ3v) is 4.06. The Balaban J connectivity index is 2.07. The van der Waals surface area contributed by atoms with Gasteiger partial charge in [-0.15, -0.1) is 0 Å². The number of phenolic OH excluding ortho intramolecular Hbond substituents is 2. The van der Waals surface area contributed by atoms with Crippen LogP contribution in [-0.2, 0) is 0 Å². The summed E-state index contributed by atoms with van der Waals surface area (Å²) in [5.41, 5.74) is 7.18. The summed E-state index contributed by atoms with van der Waals surface area (Å²) in [4.78, 5) is 26.4. The van der Waals surface area contributed by atoms with Crippen molar-refractivity contribution in [3.05, 3.63) is 53.1 Å². The number of nitrogen functional groups attached to an aromatic ring is 1. The number of nitrogens with two attached hydrogens (primary N) is 1. The molecule has 0 saturated carbocycles. The number of phenols is 2. The van der Waals surface area contributed by atoms with Crippen LogP contribution in [0.25, 0.3) is 0 Å². The fraction of sp³-hybridized carbons (Fsp3) is 0.176. The van der Waals surface area contributed by atoms with Crippen LogP contribution in [0.4, 0.5) is 5.69 Å². The van der Waals surface area contributed by atoms with Crippen LogP contribution >= 0.6 is 0 Å². The molecule has 1 aliphatic rings. The molecule has 6 nitrogen and oxygen atoms in total. The number of carbonyl (C=O) groups is 2. The molecule has 2 amide bonds. The van der Waals surface area contributed by atoms with Gasteiger partial charge in [-0.2, -0.15) is 0 Å². The van der Waals surface area contributed by atoms with E-state index in [1.807, 2.05) is 6.92 Å². The first kappa shape index (κ1) is 14.9. The third-order valence-electron chi connectivity index (χ3n) is 4.06. The van der Waals surface area contributed by atoms with Gasteiger partial charge in [-0.3, -0.25) is 14.5 Å². The number of rotatable bonds is 3. The van der Waals surface area contributed by atoms with Gasteiger partial charge in [-0.1, -0.05) is 19.1 Å². The average molecular weight is 312 g/mol. The van der Waals surface area contributed by atoms with Crippen LogP contribution in [0.1, 0.15) is 45.7 Å². The molecule has 23 heavy (non-hydrogen) atoms. The normalized spacial score (nSPS) is 14.9. The summed E-state index contributed by atoms with van der Waals surface area (Å²) in [6, 6.07) is 8.52. The molecule has 0 bridgehead atoms. The number of aromatic hydroxyl groups is 2. The van der Waals surface area contributed by atoms with Crippen molar-refractivity contribution in [1.29, 1.82) is 0 Å². The first-order valence-electron chi connectivity index (χ1n) is 7.24. The van der Waals surface area contributed by atoms with Gasteiger partial charge < -0.3 is 15.9 Å². The van der Waals surface area contributed by atoms with E-state index in [2.05, 4.69) is 0 Å². The molecule has 1 heterocycles. The largest absolute Gasteiger partial charge is 0.504 e. The zero-order chi connectivity index (χ0) is 16.7. The number of anilines is 1. The van der Waals surface area contributed by atoms with Crippen molar-refractivity contribution in [2.45, 2.75) is 19.4 Å². The number of hydrogen-bond acceptors (Lipinski definition) is 5. The standard InChI is InChI=1S/C17H16N2O4/c1-2-12(9-6-7-13(20)14(21)8-9)19-16(22)10-4-3-5-11(18)15(10)17(19)23/h3-8,12,20-21H,2,18H2,1H3. The van der Waals surface area contributed by atoms with Gasteiger partial charge in [0.15, 0.2) is 11.5 Å². The summed E-state index contributed by atoms with van der Waals surface area (Å²) in [6.45, 7) is 1.83. The Morgan fingerprint density at radius 2 is 1.83 bits per heavy atom. The van der Waals surface area contributed by atoms with Crippen LogP contribution in [0.5, 0.6) is 11.5 Å². The lowest BCUT2D eigenvalue weighted by Gasteiger charge is -2.25. The minimum Gasteiger partial charge on any atom is -0.504 e. The highest BCUT2D eigenvalue weighted by atomic mass is 16.3. The van der Waals surface area contributed by atoms with Crippen molar-refractivity contribution in [2.24, 2.45) is 0 Å². The van der Waals surface area contributed by atoms with Crippen LogP contribution in [0.2, 0.25) is 0 Å². The van der Waals surface area contributed by atoms with E-state index in [-0.39, 0.29) is 28.3 Å². The summed E-state index contributed by atoms with van der Waals surface area (Å²) >= 11 is 0. The number of amides is 2. The molecule has 4 N–H and O–H groups in total. The maximum absolute atomic E-state index is 12.7. The Morgan fingerprint density at radius 3 is 2.43 bits per heavy atom. The third kappa shape index (κ3) is 2.19. The van der Waals surface area contributed by atoms with E-state index in [0.29, 0.717) is 12.0 Å². The Bertz CT molecular complexity index is 816. The monoisotopic (exact) mass is 312 g/mol. The summed E-state index contributed by atoms with van der Waals surface area (Å²) in [5, 5.41) is 19.1. The number of nitrogens with zero attached hydrogens (tertiary/aromatic N) is 1. The molecule has 2 aromatic rings.